The van der Waals surface area contributed by atoms with Crippen molar-refractivity contribution in [2.45, 2.75) is 51.7 Å². The zero-order chi connectivity index (χ0) is 21.2. The molecule has 1 aromatic rings. The quantitative estimate of drug-likeness (QED) is 0.531. The Morgan fingerprint density at radius 1 is 1.14 bits per heavy atom. The van der Waals surface area contributed by atoms with Crippen LogP contribution < -0.4 is 5.32 Å². The van der Waals surface area contributed by atoms with Gasteiger partial charge in [-0.15, -0.1) is 24.7 Å². The smallest absolute Gasteiger partial charge is 0.408 e. The van der Waals surface area contributed by atoms with Crippen LogP contribution in [0, 0.1) is 30.6 Å². The molecule has 2 N–H and O–H groups in total. The molecule has 0 fully saturated rings. The Hall–Kier alpha value is -3.12. The Morgan fingerprint density at radius 3 is 2.21 bits per heavy atom. The van der Waals surface area contributed by atoms with Crippen LogP contribution in [0.25, 0.3) is 0 Å². The highest BCUT2D eigenvalue weighted by Gasteiger charge is 2.26. The largest absolute Gasteiger partial charge is 0.508 e. The maximum absolute atomic E-state index is 12.6. The molecule has 0 heterocycles. The Kier molecular flexibility index (Phi) is 8.91. The fraction of sp³-hybridized carbons (Fsp3) is 0.455. The minimum absolute atomic E-state index is 0.0648. The number of carbonyl (C=O) groups is 2. The first-order valence-corrected chi connectivity index (χ1v) is 8.95. The minimum atomic E-state index is -0.961. The van der Waals surface area contributed by atoms with Gasteiger partial charge in [-0.3, -0.25) is 0 Å². The summed E-state index contributed by atoms with van der Waals surface area (Å²) in [5.41, 5.74) is 0.0292. The SMILES string of the molecule is C#CCC(CC#C)COC(=O)C(Cc1ccc(O)cc1)NC(=O)OC(C)(C)C. The van der Waals surface area contributed by atoms with Crippen molar-refractivity contribution < 1.29 is 24.2 Å². The van der Waals surface area contributed by atoms with Crippen LogP contribution in [0.3, 0.4) is 0 Å². The molecule has 0 aliphatic rings. The van der Waals surface area contributed by atoms with Crippen molar-refractivity contribution in [1.29, 1.82) is 0 Å². The number of hydrogen-bond acceptors (Lipinski definition) is 5. The van der Waals surface area contributed by atoms with Gasteiger partial charge in [0.05, 0.1) is 6.61 Å². The zero-order valence-electron chi connectivity index (χ0n) is 16.5. The maximum atomic E-state index is 12.6. The summed E-state index contributed by atoms with van der Waals surface area (Å²) in [6, 6.07) is 5.36. The highest BCUT2D eigenvalue weighted by atomic mass is 16.6. The van der Waals surface area contributed by atoms with E-state index < -0.39 is 23.7 Å². The third-order valence-electron chi connectivity index (χ3n) is 3.63. The predicted octanol–water partition coefficient (Wildman–Crippen LogP) is 3.03. The predicted molar refractivity (Wildman–Crippen MR) is 106 cm³/mol. The summed E-state index contributed by atoms with van der Waals surface area (Å²) in [7, 11) is 0. The van der Waals surface area contributed by atoms with E-state index in [0.717, 1.165) is 5.56 Å². The average molecular weight is 385 g/mol. The lowest BCUT2D eigenvalue weighted by molar-refractivity contribution is -0.147. The van der Waals surface area contributed by atoms with E-state index in [1.165, 1.54) is 12.1 Å². The Morgan fingerprint density at radius 2 is 1.71 bits per heavy atom. The van der Waals surface area contributed by atoms with Crippen molar-refractivity contribution >= 4 is 12.1 Å². The number of terminal acetylenes is 2. The summed E-state index contributed by atoms with van der Waals surface area (Å²) < 4.78 is 10.6. The maximum Gasteiger partial charge on any atom is 0.408 e. The van der Waals surface area contributed by atoms with Gasteiger partial charge in [0.1, 0.15) is 17.4 Å². The first kappa shape index (κ1) is 22.9. The summed E-state index contributed by atoms with van der Waals surface area (Å²) in [5.74, 6) is 4.37. The van der Waals surface area contributed by atoms with Crippen molar-refractivity contribution in [3.8, 4) is 30.4 Å². The molecule has 1 unspecified atom stereocenters. The summed E-state index contributed by atoms with van der Waals surface area (Å²) in [6.07, 6.45) is 10.8. The molecule has 1 atom stereocenters. The fourth-order valence-corrected chi connectivity index (χ4v) is 2.33. The summed E-state index contributed by atoms with van der Waals surface area (Å²) >= 11 is 0. The number of carbonyl (C=O) groups excluding carboxylic acids is 2. The molecule has 6 heteroatoms. The van der Waals surface area contributed by atoms with Crippen molar-refractivity contribution in [3.05, 3.63) is 29.8 Å². The van der Waals surface area contributed by atoms with E-state index in [-0.39, 0.29) is 24.7 Å². The molecule has 0 saturated carbocycles. The van der Waals surface area contributed by atoms with Crippen LogP contribution in [0.1, 0.15) is 39.2 Å². The number of benzene rings is 1. The molecule has 150 valence electrons. The molecular formula is C22H27NO5. The highest BCUT2D eigenvalue weighted by molar-refractivity contribution is 5.81. The highest BCUT2D eigenvalue weighted by Crippen LogP contribution is 2.14. The number of amides is 1. The van der Waals surface area contributed by atoms with Crippen LogP contribution in [0.5, 0.6) is 5.75 Å². The Labute approximate surface area is 166 Å². The van der Waals surface area contributed by atoms with E-state index >= 15 is 0 Å². The molecule has 0 aliphatic heterocycles. The number of aromatic hydroxyl groups is 1. The number of nitrogens with one attached hydrogen (secondary N) is 1. The monoisotopic (exact) mass is 385 g/mol. The van der Waals surface area contributed by atoms with Gasteiger partial charge in [-0.05, 0) is 38.5 Å². The van der Waals surface area contributed by atoms with E-state index in [2.05, 4.69) is 17.2 Å². The van der Waals surface area contributed by atoms with Crippen LogP contribution >= 0.6 is 0 Å². The van der Waals surface area contributed by atoms with Gasteiger partial charge in [0.25, 0.3) is 0 Å². The minimum Gasteiger partial charge on any atom is -0.508 e. The van der Waals surface area contributed by atoms with E-state index in [1.807, 2.05) is 0 Å². The number of rotatable bonds is 8. The number of hydrogen-bond donors (Lipinski definition) is 2. The van der Waals surface area contributed by atoms with Gasteiger partial charge >= 0.3 is 12.1 Å². The second-order valence-corrected chi connectivity index (χ2v) is 7.38. The molecule has 6 nitrogen and oxygen atoms in total. The van der Waals surface area contributed by atoms with E-state index in [4.69, 9.17) is 22.3 Å². The number of alkyl carbamates (subject to hydrolysis) is 1. The van der Waals surface area contributed by atoms with Gasteiger partial charge in [-0.2, -0.15) is 0 Å². The summed E-state index contributed by atoms with van der Waals surface area (Å²) in [6.45, 7) is 5.24. The van der Waals surface area contributed by atoms with Crippen LogP contribution in [0.4, 0.5) is 4.79 Å². The van der Waals surface area contributed by atoms with Gasteiger partial charge in [0.2, 0.25) is 0 Å². The van der Waals surface area contributed by atoms with E-state index in [0.29, 0.717) is 12.8 Å². The molecule has 28 heavy (non-hydrogen) atoms. The van der Waals surface area contributed by atoms with Crippen LogP contribution in [-0.2, 0) is 20.7 Å². The fourth-order valence-electron chi connectivity index (χ4n) is 2.33. The number of esters is 1. The third kappa shape index (κ3) is 9.00. The molecule has 0 aromatic heterocycles. The standard InChI is InChI=1S/C22H27NO5/c1-6-8-17(9-7-2)15-27-20(25)19(23-21(26)28-22(3,4)5)14-16-10-12-18(24)13-11-16/h1-2,10-13,17,19,24H,8-9,14-15H2,3-5H3,(H,23,26). The molecule has 1 aromatic carbocycles. The van der Waals surface area contributed by atoms with Crippen molar-refractivity contribution in [2.75, 3.05) is 6.61 Å². The van der Waals surface area contributed by atoms with Crippen molar-refractivity contribution in [3.63, 3.8) is 0 Å². The molecule has 0 radical (unpaired) electrons. The molecule has 0 saturated heterocycles. The number of ether oxygens (including phenoxy) is 2. The summed E-state index contributed by atoms with van der Waals surface area (Å²) in [5, 5.41) is 12.0. The second-order valence-electron chi connectivity index (χ2n) is 7.38. The Balaban J connectivity index is 2.84. The van der Waals surface area contributed by atoms with E-state index in [1.54, 1.807) is 32.9 Å². The van der Waals surface area contributed by atoms with Gasteiger partial charge in [0, 0.05) is 25.2 Å². The Bertz CT molecular complexity index is 718. The third-order valence-corrected chi connectivity index (χ3v) is 3.63. The average Bonchev–Trinajstić information content (AvgIpc) is 2.59. The normalized spacial score (nSPS) is 11.8. The molecule has 0 spiro atoms. The lowest BCUT2D eigenvalue weighted by atomic mass is 10.0. The topological polar surface area (TPSA) is 84.9 Å². The van der Waals surface area contributed by atoms with Gasteiger partial charge in [-0.1, -0.05) is 12.1 Å². The lowest BCUT2D eigenvalue weighted by Crippen LogP contribution is -2.45. The zero-order valence-corrected chi connectivity index (χ0v) is 16.5. The first-order chi connectivity index (χ1) is 13.1. The van der Waals surface area contributed by atoms with Gasteiger partial charge in [-0.25, -0.2) is 9.59 Å². The van der Waals surface area contributed by atoms with Crippen LogP contribution in [0.15, 0.2) is 24.3 Å². The molecular weight excluding hydrogens is 358 g/mol. The summed E-state index contributed by atoms with van der Waals surface area (Å²) in [4.78, 5) is 24.7. The first-order valence-electron chi connectivity index (χ1n) is 8.95. The van der Waals surface area contributed by atoms with E-state index in [9.17, 15) is 14.7 Å². The van der Waals surface area contributed by atoms with Crippen LogP contribution in [0.2, 0.25) is 0 Å². The van der Waals surface area contributed by atoms with Gasteiger partial charge in [0.15, 0.2) is 0 Å². The molecule has 0 aliphatic carbocycles. The number of phenols is 1. The van der Waals surface area contributed by atoms with Crippen LogP contribution in [-0.4, -0.2) is 35.4 Å². The van der Waals surface area contributed by atoms with Gasteiger partial charge < -0.3 is 19.9 Å². The second kappa shape index (κ2) is 10.9. The molecule has 1 amide bonds. The van der Waals surface area contributed by atoms with Crippen molar-refractivity contribution in [2.24, 2.45) is 5.92 Å². The number of phenolic OH excluding ortho intramolecular Hbond substituents is 1. The van der Waals surface area contributed by atoms with Crippen molar-refractivity contribution in [1.82, 2.24) is 5.32 Å². The molecule has 0 bridgehead atoms. The lowest BCUT2D eigenvalue weighted by Gasteiger charge is -2.23. The molecule has 1 rings (SSSR count).